The maximum atomic E-state index is 12.9. The number of ether oxygens (including phenoxy) is 1. The molecule has 0 bridgehead atoms. The van der Waals surface area contributed by atoms with Gasteiger partial charge in [0.2, 0.25) is 0 Å². The van der Waals surface area contributed by atoms with Crippen molar-refractivity contribution < 1.29 is 23.5 Å². The lowest BCUT2D eigenvalue weighted by Crippen LogP contribution is -2.41. The van der Waals surface area contributed by atoms with Gasteiger partial charge in [-0.3, -0.25) is 14.5 Å². The fourth-order valence-electron chi connectivity index (χ4n) is 2.84. The zero-order valence-electron chi connectivity index (χ0n) is 15.0. The van der Waals surface area contributed by atoms with E-state index in [-0.39, 0.29) is 12.4 Å². The van der Waals surface area contributed by atoms with Gasteiger partial charge < -0.3 is 10.1 Å². The van der Waals surface area contributed by atoms with E-state index in [4.69, 9.17) is 4.74 Å². The van der Waals surface area contributed by atoms with Gasteiger partial charge in [0, 0.05) is 0 Å². The molecule has 7 heteroatoms. The molecule has 3 amide bonds. The van der Waals surface area contributed by atoms with Gasteiger partial charge in [0.05, 0.1) is 0 Å². The molecule has 0 spiro atoms. The summed E-state index contributed by atoms with van der Waals surface area (Å²) in [4.78, 5) is 37.9. The first-order valence-electron chi connectivity index (χ1n) is 8.41. The van der Waals surface area contributed by atoms with E-state index >= 15 is 0 Å². The van der Waals surface area contributed by atoms with Gasteiger partial charge in [-0.05, 0) is 37.1 Å². The Morgan fingerprint density at radius 2 is 1.74 bits per heavy atom. The molecule has 0 radical (unpaired) electrons. The van der Waals surface area contributed by atoms with Gasteiger partial charge in [0.15, 0.2) is 0 Å². The number of urea groups is 1. The largest absolute Gasteiger partial charge is 0.459 e. The average molecular weight is 370 g/mol. The standard InChI is InChI=1S/C20H19FN2O4/c1-13-3-7-15(8-4-13)20(2)18(25)23(19(26)22-20)11-17(24)27-12-14-5-9-16(21)10-6-14/h3-10H,11-12H2,1-2H3,(H,22,26). The Labute approximate surface area is 155 Å². The first kappa shape index (κ1) is 18.6. The van der Waals surface area contributed by atoms with E-state index in [1.165, 1.54) is 24.3 Å². The van der Waals surface area contributed by atoms with Gasteiger partial charge in [-0.2, -0.15) is 0 Å². The Balaban J connectivity index is 1.65. The van der Waals surface area contributed by atoms with Crippen molar-refractivity contribution in [2.24, 2.45) is 0 Å². The van der Waals surface area contributed by atoms with E-state index in [0.717, 1.165) is 10.5 Å². The monoisotopic (exact) mass is 370 g/mol. The summed E-state index contributed by atoms with van der Waals surface area (Å²) >= 11 is 0. The minimum absolute atomic E-state index is 0.0714. The van der Waals surface area contributed by atoms with Gasteiger partial charge in [0.1, 0.15) is 24.5 Å². The number of halogens is 1. The third-order valence-electron chi connectivity index (χ3n) is 4.50. The van der Waals surface area contributed by atoms with E-state index in [9.17, 15) is 18.8 Å². The molecule has 1 aliphatic heterocycles. The summed E-state index contributed by atoms with van der Waals surface area (Å²) in [6.45, 7) is 2.96. The molecule has 1 aliphatic rings. The van der Waals surface area contributed by atoms with Gasteiger partial charge in [-0.1, -0.05) is 42.0 Å². The molecule has 0 aromatic heterocycles. The summed E-state index contributed by atoms with van der Waals surface area (Å²) in [6, 6.07) is 12.1. The number of carbonyl (C=O) groups is 3. The van der Waals surface area contributed by atoms with Crippen LogP contribution in [0, 0.1) is 12.7 Å². The normalized spacial score (nSPS) is 19.1. The molecule has 1 saturated heterocycles. The molecule has 1 unspecified atom stereocenters. The van der Waals surface area contributed by atoms with Crippen molar-refractivity contribution in [1.82, 2.24) is 10.2 Å². The SMILES string of the molecule is Cc1ccc(C2(C)NC(=O)N(CC(=O)OCc3ccc(F)cc3)C2=O)cc1. The number of esters is 1. The number of amides is 3. The van der Waals surface area contributed by atoms with Gasteiger partial charge in [-0.25, -0.2) is 9.18 Å². The Kier molecular flexibility index (Phi) is 4.94. The number of hydrogen-bond acceptors (Lipinski definition) is 4. The number of nitrogens with zero attached hydrogens (tertiary/aromatic N) is 1. The highest BCUT2D eigenvalue weighted by molar-refractivity contribution is 6.08. The Morgan fingerprint density at radius 1 is 1.11 bits per heavy atom. The second-order valence-electron chi connectivity index (χ2n) is 6.60. The molecule has 3 rings (SSSR count). The molecule has 27 heavy (non-hydrogen) atoms. The van der Waals surface area contributed by atoms with Crippen LogP contribution in [-0.2, 0) is 26.5 Å². The first-order chi connectivity index (χ1) is 12.8. The van der Waals surface area contributed by atoms with Crippen molar-refractivity contribution in [2.45, 2.75) is 26.0 Å². The van der Waals surface area contributed by atoms with Crippen LogP contribution in [0.1, 0.15) is 23.6 Å². The quantitative estimate of drug-likeness (QED) is 0.649. The summed E-state index contributed by atoms with van der Waals surface area (Å²) < 4.78 is 18.0. The first-order valence-corrected chi connectivity index (χ1v) is 8.41. The van der Waals surface area contributed by atoms with E-state index in [0.29, 0.717) is 11.1 Å². The number of benzene rings is 2. The third-order valence-corrected chi connectivity index (χ3v) is 4.50. The van der Waals surface area contributed by atoms with Crippen molar-refractivity contribution in [1.29, 1.82) is 0 Å². The Hall–Kier alpha value is -3.22. The van der Waals surface area contributed by atoms with E-state index in [1.54, 1.807) is 19.1 Å². The molecule has 1 N–H and O–H groups in total. The van der Waals surface area contributed by atoms with Crippen molar-refractivity contribution >= 4 is 17.9 Å². The zero-order valence-corrected chi connectivity index (χ0v) is 15.0. The van der Waals surface area contributed by atoms with Crippen LogP contribution in [-0.4, -0.2) is 29.4 Å². The smallest absolute Gasteiger partial charge is 0.326 e. The summed E-state index contributed by atoms with van der Waals surface area (Å²) in [5.74, 6) is -1.63. The second kappa shape index (κ2) is 7.19. The van der Waals surface area contributed by atoms with Crippen LogP contribution >= 0.6 is 0 Å². The van der Waals surface area contributed by atoms with Crippen LogP contribution in [0.5, 0.6) is 0 Å². The van der Waals surface area contributed by atoms with Crippen molar-refractivity contribution in [3.63, 3.8) is 0 Å². The Morgan fingerprint density at radius 3 is 2.37 bits per heavy atom. The lowest BCUT2D eigenvalue weighted by Gasteiger charge is -2.22. The molecule has 0 saturated carbocycles. The maximum absolute atomic E-state index is 12.9. The molecule has 140 valence electrons. The summed E-state index contributed by atoms with van der Waals surface area (Å²) in [7, 11) is 0. The highest BCUT2D eigenvalue weighted by atomic mass is 19.1. The zero-order chi connectivity index (χ0) is 19.6. The number of nitrogens with one attached hydrogen (secondary N) is 1. The van der Waals surface area contributed by atoms with Gasteiger partial charge >= 0.3 is 12.0 Å². The van der Waals surface area contributed by atoms with Crippen molar-refractivity contribution in [3.05, 3.63) is 71.0 Å². The number of carbonyl (C=O) groups excluding carboxylic acids is 3. The third kappa shape index (κ3) is 3.81. The van der Waals surface area contributed by atoms with E-state index in [2.05, 4.69) is 5.32 Å². The topological polar surface area (TPSA) is 75.7 Å². The molecular formula is C20H19FN2O4. The van der Waals surface area contributed by atoms with Crippen LogP contribution in [0.2, 0.25) is 0 Å². The number of hydrogen-bond donors (Lipinski definition) is 1. The summed E-state index contributed by atoms with van der Waals surface area (Å²) in [6.07, 6.45) is 0. The van der Waals surface area contributed by atoms with Crippen LogP contribution in [0.4, 0.5) is 9.18 Å². The van der Waals surface area contributed by atoms with Crippen LogP contribution in [0.3, 0.4) is 0 Å². The van der Waals surface area contributed by atoms with E-state index < -0.39 is 30.0 Å². The predicted molar refractivity (Wildman–Crippen MR) is 95.0 cm³/mol. The van der Waals surface area contributed by atoms with E-state index in [1.807, 2.05) is 19.1 Å². The fraction of sp³-hybridized carbons (Fsp3) is 0.250. The molecule has 6 nitrogen and oxygen atoms in total. The highest BCUT2D eigenvalue weighted by Crippen LogP contribution is 2.28. The molecule has 1 atom stereocenters. The predicted octanol–water partition coefficient (Wildman–Crippen LogP) is 2.64. The number of aryl methyl sites for hydroxylation is 1. The van der Waals surface area contributed by atoms with Crippen LogP contribution < -0.4 is 5.32 Å². The van der Waals surface area contributed by atoms with Crippen LogP contribution in [0.25, 0.3) is 0 Å². The molecule has 1 heterocycles. The van der Waals surface area contributed by atoms with Gasteiger partial charge in [0.25, 0.3) is 5.91 Å². The fourth-order valence-corrected chi connectivity index (χ4v) is 2.84. The molecule has 2 aromatic carbocycles. The minimum Gasteiger partial charge on any atom is -0.459 e. The van der Waals surface area contributed by atoms with Crippen molar-refractivity contribution in [3.8, 4) is 0 Å². The van der Waals surface area contributed by atoms with Crippen LogP contribution in [0.15, 0.2) is 48.5 Å². The lowest BCUT2D eigenvalue weighted by atomic mass is 9.91. The summed E-state index contributed by atoms with van der Waals surface area (Å²) in [5, 5.41) is 2.64. The lowest BCUT2D eigenvalue weighted by molar-refractivity contribution is -0.148. The maximum Gasteiger partial charge on any atom is 0.326 e. The number of rotatable bonds is 5. The Bertz CT molecular complexity index is 880. The molecule has 1 fully saturated rings. The number of imide groups is 1. The van der Waals surface area contributed by atoms with Crippen molar-refractivity contribution in [2.75, 3.05) is 6.54 Å². The molecule has 0 aliphatic carbocycles. The summed E-state index contributed by atoms with van der Waals surface area (Å²) in [5.41, 5.74) is 1.03. The minimum atomic E-state index is -1.23. The second-order valence-corrected chi connectivity index (χ2v) is 6.60. The molecular weight excluding hydrogens is 351 g/mol. The highest BCUT2D eigenvalue weighted by Gasteiger charge is 2.49. The molecule has 2 aromatic rings. The average Bonchev–Trinajstić information content (AvgIpc) is 2.86. The van der Waals surface area contributed by atoms with Gasteiger partial charge in [-0.15, -0.1) is 0 Å².